The predicted octanol–water partition coefficient (Wildman–Crippen LogP) is 3.13. The van der Waals surface area contributed by atoms with Crippen LogP contribution in [0.5, 0.6) is 0 Å². The quantitative estimate of drug-likeness (QED) is 0.583. The molecule has 8 nitrogen and oxygen atoms in total. The average Bonchev–Trinajstić information content (AvgIpc) is 3.17. The molecule has 0 spiro atoms. The fourth-order valence-corrected chi connectivity index (χ4v) is 4.96. The number of carboxylic acid groups (broad SMARTS) is 1. The molecule has 0 fully saturated rings. The van der Waals surface area contributed by atoms with Gasteiger partial charge in [0.2, 0.25) is 0 Å². The van der Waals surface area contributed by atoms with Crippen LogP contribution in [0.3, 0.4) is 0 Å². The highest BCUT2D eigenvalue weighted by molar-refractivity contribution is 7.91. The smallest absolute Gasteiger partial charge is 0.408 e. The van der Waals surface area contributed by atoms with Crippen LogP contribution < -0.4 is 5.32 Å². The van der Waals surface area contributed by atoms with Gasteiger partial charge in [0.25, 0.3) is 5.91 Å². The highest BCUT2D eigenvalue weighted by Gasteiger charge is 2.35. The van der Waals surface area contributed by atoms with Crippen molar-refractivity contribution >= 4 is 21.8 Å². The number of nitrogens with one attached hydrogen (secondary N) is 1. The Morgan fingerprint density at radius 2 is 1.81 bits per heavy atom. The predicted molar refractivity (Wildman–Crippen MR) is 119 cm³/mol. The van der Waals surface area contributed by atoms with Gasteiger partial charge in [0.05, 0.1) is 35.9 Å². The third-order valence-corrected chi connectivity index (χ3v) is 7.54. The van der Waals surface area contributed by atoms with Gasteiger partial charge in [-0.1, -0.05) is 39.0 Å². The summed E-state index contributed by atoms with van der Waals surface area (Å²) in [6, 6.07) is 10.2. The highest BCUT2D eigenvalue weighted by atomic mass is 32.2. The molecule has 0 saturated carbocycles. The van der Waals surface area contributed by atoms with Gasteiger partial charge in [-0.2, -0.15) is 0 Å². The van der Waals surface area contributed by atoms with Crippen LogP contribution >= 0.6 is 0 Å². The topological polar surface area (TPSA) is 124 Å². The molecule has 2 aromatic rings. The molecule has 0 unspecified atom stereocenters. The van der Waals surface area contributed by atoms with E-state index < -0.39 is 27.9 Å². The SMILES string of the molecule is CCS(=O)(=O)c1ccc([C@H](CO)NC(=O)c2ccc3c(c2)CN(C(=O)O)[C@@H]3C(C)C)cc1. The number of carbonyl (C=O) groups is 2. The number of carbonyl (C=O) groups excluding carboxylic acids is 1. The van der Waals surface area contributed by atoms with Crippen LogP contribution in [-0.4, -0.2) is 47.9 Å². The van der Waals surface area contributed by atoms with E-state index >= 15 is 0 Å². The number of sulfone groups is 1. The summed E-state index contributed by atoms with van der Waals surface area (Å²) in [5.74, 6) is -0.334. The summed E-state index contributed by atoms with van der Waals surface area (Å²) in [6.07, 6.45) is -1.00. The monoisotopic (exact) mass is 460 g/mol. The lowest BCUT2D eigenvalue weighted by Gasteiger charge is -2.25. The molecule has 2 aromatic carbocycles. The van der Waals surface area contributed by atoms with Crippen molar-refractivity contribution in [2.24, 2.45) is 5.92 Å². The molecule has 0 bridgehead atoms. The van der Waals surface area contributed by atoms with Gasteiger partial charge in [-0.05, 0) is 46.9 Å². The van der Waals surface area contributed by atoms with E-state index in [4.69, 9.17) is 0 Å². The first kappa shape index (κ1) is 23.7. The van der Waals surface area contributed by atoms with Gasteiger partial charge in [0.1, 0.15) is 0 Å². The van der Waals surface area contributed by atoms with Crippen LogP contribution in [0.2, 0.25) is 0 Å². The summed E-state index contributed by atoms with van der Waals surface area (Å²) >= 11 is 0. The fourth-order valence-electron chi connectivity index (χ4n) is 4.08. The molecule has 3 rings (SSSR count). The zero-order valence-electron chi connectivity index (χ0n) is 18.3. The normalized spacial score (nSPS) is 16.7. The Kier molecular flexibility index (Phi) is 6.90. The number of hydrogen-bond donors (Lipinski definition) is 3. The lowest BCUT2D eigenvalue weighted by Crippen LogP contribution is -2.30. The summed E-state index contributed by atoms with van der Waals surface area (Å²) in [5.41, 5.74) is 2.62. The molecule has 0 aromatic heterocycles. The van der Waals surface area contributed by atoms with Crippen molar-refractivity contribution in [2.45, 2.75) is 44.3 Å². The van der Waals surface area contributed by atoms with Crippen molar-refractivity contribution in [3.8, 4) is 0 Å². The van der Waals surface area contributed by atoms with Gasteiger partial charge in [0.15, 0.2) is 9.84 Å². The number of nitrogens with zero attached hydrogens (tertiary/aromatic N) is 1. The van der Waals surface area contributed by atoms with E-state index in [2.05, 4.69) is 5.32 Å². The third kappa shape index (κ3) is 4.63. The van der Waals surface area contributed by atoms with E-state index in [1.54, 1.807) is 37.3 Å². The minimum absolute atomic E-state index is 0.0121. The molecule has 3 N–H and O–H groups in total. The molecule has 32 heavy (non-hydrogen) atoms. The van der Waals surface area contributed by atoms with Gasteiger partial charge >= 0.3 is 6.09 Å². The molecular weight excluding hydrogens is 432 g/mol. The first-order chi connectivity index (χ1) is 15.1. The Labute approximate surface area is 187 Å². The summed E-state index contributed by atoms with van der Waals surface area (Å²) in [7, 11) is -3.34. The number of hydrogen-bond acceptors (Lipinski definition) is 5. The average molecular weight is 461 g/mol. The molecule has 2 amide bonds. The molecule has 9 heteroatoms. The van der Waals surface area contributed by atoms with Crippen molar-refractivity contribution in [3.63, 3.8) is 0 Å². The van der Waals surface area contributed by atoms with Crippen LogP contribution in [0, 0.1) is 5.92 Å². The van der Waals surface area contributed by atoms with Gasteiger partial charge in [-0.15, -0.1) is 0 Å². The van der Waals surface area contributed by atoms with E-state index in [-0.39, 0.29) is 35.8 Å². The number of aliphatic hydroxyl groups is 1. The molecule has 2 atom stereocenters. The number of fused-ring (bicyclic) bond motifs is 1. The summed E-state index contributed by atoms with van der Waals surface area (Å²) < 4.78 is 24.0. The molecule has 0 saturated heterocycles. The number of benzene rings is 2. The summed E-state index contributed by atoms with van der Waals surface area (Å²) in [4.78, 5) is 26.0. The number of aliphatic hydroxyl groups excluding tert-OH is 1. The van der Waals surface area contributed by atoms with E-state index in [0.29, 0.717) is 11.1 Å². The summed E-state index contributed by atoms with van der Waals surface area (Å²) in [6.45, 7) is 5.33. The zero-order chi connectivity index (χ0) is 23.6. The molecule has 172 valence electrons. The lowest BCUT2D eigenvalue weighted by atomic mass is 9.94. The third-order valence-electron chi connectivity index (χ3n) is 5.79. The number of amides is 2. The van der Waals surface area contributed by atoms with E-state index in [1.165, 1.54) is 17.0 Å². The minimum atomic E-state index is -3.34. The van der Waals surface area contributed by atoms with Crippen LogP contribution in [0.25, 0.3) is 0 Å². The maximum atomic E-state index is 12.8. The first-order valence-electron chi connectivity index (χ1n) is 10.5. The molecule has 0 radical (unpaired) electrons. The van der Waals surface area contributed by atoms with Crippen molar-refractivity contribution in [2.75, 3.05) is 12.4 Å². The van der Waals surface area contributed by atoms with Gasteiger partial charge in [-0.3, -0.25) is 9.69 Å². The van der Waals surface area contributed by atoms with Crippen molar-refractivity contribution in [1.82, 2.24) is 10.2 Å². The maximum Gasteiger partial charge on any atom is 0.408 e. The van der Waals surface area contributed by atoms with Crippen molar-refractivity contribution in [3.05, 3.63) is 64.7 Å². The largest absolute Gasteiger partial charge is 0.465 e. The standard InChI is InChI=1S/C23H28N2O6S/c1-4-32(30,31)18-8-5-15(6-9-18)20(13-26)24-22(27)16-7-10-19-17(11-16)12-25(23(28)29)21(19)14(2)3/h5-11,14,20-21,26H,4,12-13H2,1-3H3,(H,24,27)(H,28,29)/t20-,21+/m0/s1. The maximum absolute atomic E-state index is 12.8. The van der Waals surface area contributed by atoms with E-state index in [1.807, 2.05) is 13.8 Å². The van der Waals surface area contributed by atoms with Crippen LogP contribution in [0.4, 0.5) is 4.79 Å². The van der Waals surface area contributed by atoms with Crippen molar-refractivity contribution < 1.29 is 28.2 Å². The fraction of sp³-hybridized carbons (Fsp3) is 0.391. The first-order valence-corrected chi connectivity index (χ1v) is 12.1. The van der Waals surface area contributed by atoms with Crippen molar-refractivity contribution in [1.29, 1.82) is 0 Å². The number of rotatable bonds is 7. The second-order valence-electron chi connectivity index (χ2n) is 8.19. The van der Waals surface area contributed by atoms with Crippen LogP contribution in [-0.2, 0) is 16.4 Å². The van der Waals surface area contributed by atoms with Gasteiger partial charge < -0.3 is 15.5 Å². The second-order valence-corrected chi connectivity index (χ2v) is 10.5. The molecule has 1 aliphatic heterocycles. The molecule has 1 aliphatic rings. The Morgan fingerprint density at radius 3 is 2.34 bits per heavy atom. The lowest BCUT2D eigenvalue weighted by molar-refractivity contribution is 0.0916. The molecule has 1 heterocycles. The van der Waals surface area contributed by atoms with E-state index in [0.717, 1.165) is 11.1 Å². The molecule has 0 aliphatic carbocycles. The summed E-state index contributed by atoms with van der Waals surface area (Å²) in [5, 5.41) is 22.1. The minimum Gasteiger partial charge on any atom is -0.465 e. The zero-order valence-corrected chi connectivity index (χ0v) is 19.1. The Morgan fingerprint density at radius 1 is 1.16 bits per heavy atom. The molecular formula is C23H28N2O6S. The van der Waals surface area contributed by atoms with Crippen LogP contribution in [0.1, 0.15) is 59.9 Å². The van der Waals surface area contributed by atoms with E-state index in [9.17, 15) is 28.2 Å². The van der Waals surface area contributed by atoms with Crippen LogP contribution in [0.15, 0.2) is 47.4 Å². The van der Waals surface area contributed by atoms with Gasteiger partial charge in [-0.25, -0.2) is 13.2 Å². The Bertz CT molecular complexity index is 1110. The Hall–Kier alpha value is -2.91. The van der Waals surface area contributed by atoms with Gasteiger partial charge in [0, 0.05) is 5.56 Å². The highest BCUT2D eigenvalue weighted by Crippen LogP contribution is 2.39. The Balaban J connectivity index is 1.80. The second kappa shape index (κ2) is 9.30.